The largest absolute Gasteiger partial charge is 0.352 e. The molecular weight excluding hydrogens is 355 g/mol. The molecule has 1 N–H and O–H groups in total. The first-order chi connectivity index (χ1) is 12.1. The van der Waals surface area contributed by atoms with Crippen LogP contribution in [0.25, 0.3) is 0 Å². The van der Waals surface area contributed by atoms with Gasteiger partial charge in [-0.05, 0) is 69.3 Å². The van der Waals surface area contributed by atoms with Crippen molar-refractivity contribution in [1.29, 1.82) is 0 Å². The van der Waals surface area contributed by atoms with Crippen LogP contribution < -0.4 is 5.32 Å². The van der Waals surface area contributed by atoms with Gasteiger partial charge in [0.2, 0.25) is 5.91 Å². The molecule has 0 atom stereocenters. The van der Waals surface area contributed by atoms with Crippen molar-refractivity contribution in [2.24, 2.45) is 5.92 Å². The summed E-state index contributed by atoms with van der Waals surface area (Å²) in [7, 11) is 0. The summed E-state index contributed by atoms with van der Waals surface area (Å²) in [5, 5.41) is 4.52. The third kappa shape index (κ3) is 5.47. The van der Waals surface area contributed by atoms with Gasteiger partial charge in [0.25, 0.3) is 0 Å². The first-order valence-electron chi connectivity index (χ1n) is 9.24. The molecule has 3 nitrogen and oxygen atoms in total. The Morgan fingerprint density at radius 3 is 2.68 bits per heavy atom. The Morgan fingerprint density at radius 2 is 2.00 bits per heavy atom. The predicted octanol–water partition coefficient (Wildman–Crippen LogP) is 4.82. The number of carbonyl (C=O) groups excluding carboxylic acids is 1. The number of amides is 1. The highest BCUT2D eigenvalue weighted by atomic mass is 35.5. The van der Waals surface area contributed by atoms with Gasteiger partial charge < -0.3 is 5.32 Å². The van der Waals surface area contributed by atoms with E-state index in [9.17, 15) is 4.79 Å². The molecule has 0 unspecified atom stereocenters. The minimum Gasteiger partial charge on any atom is -0.352 e. The highest BCUT2D eigenvalue weighted by Gasteiger charge is 2.25. The van der Waals surface area contributed by atoms with Crippen molar-refractivity contribution in [3.8, 4) is 0 Å². The van der Waals surface area contributed by atoms with E-state index < -0.39 is 0 Å². The normalized spacial score (nSPS) is 19.5. The van der Waals surface area contributed by atoms with E-state index in [4.69, 9.17) is 23.2 Å². The van der Waals surface area contributed by atoms with Gasteiger partial charge in [-0.3, -0.25) is 9.69 Å². The molecule has 2 aliphatic rings. The molecular formula is C20H26Cl2N2O. The van der Waals surface area contributed by atoms with Crippen LogP contribution in [0.4, 0.5) is 0 Å². The Morgan fingerprint density at radius 1 is 1.20 bits per heavy atom. The second-order valence-electron chi connectivity index (χ2n) is 7.11. The standard InChI is InChI=1S/C20H26Cl2N2O/c21-18-7-6-17(19(22)12-18)14-24-10-8-16(9-11-24)20(25)23-13-15-4-2-1-3-5-15/h4,6-7,12,16H,1-3,5,8-11,13-14H2,(H,23,25). The number of allylic oxidation sites excluding steroid dienone is 1. The molecule has 5 heteroatoms. The van der Waals surface area contributed by atoms with Crippen molar-refractivity contribution in [2.45, 2.75) is 45.1 Å². The molecule has 1 heterocycles. The number of carbonyl (C=O) groups is 1. The Labute approximate surface area is 160 Å². The van der Waals surface area contributed by atoms with E-state index in [1.807, 2.05) is 12.1 Å². The lowest BCUT2D eigenvalue weighted by Crippen LogP contribution is -2.40. The van der Waals surface area contributed by atoms with E-state index in [1.54, 1.807) is 6.07 Å². The van der Waals surface area contributed by atoms with E-state index >= 15 is 0 Å². The molecule has 25 heavy (non-hydrogen) atoms. The minimum atomic E-state index is 0.140. The second-order valence-corrected chi connectivity index (χ2v) is 7.96. The molecule has 0 aromatic heterocycles. The minimum absolute atomic E-state index is 0.140. The maximum absolute atomic E-state index is 12.4. The van der Waals surface area contributed by atoms with Gasteiger partial charge >= 0.3 is 0 Å². The average Bonchev–Trinajstić information content (AvgIpc) is 2.63. The van der Waals surface area contributed by atoms with Gasteiger partial charge in [-0.15, -0.1) is 0 Å². The fourth-order valence-electron chi connectivity index (χ4n) is 3.65. The summed E-state index contributed by atoms with van der Waals surface area (Å²) in [4.78, 5) is 14.8. The summed E-state index contributed by atoms with van der Waals surface area (Å²) in [6.07, 6.45) is 8.97. The third-order valence-corrected chi connectivity index (χ3v) is 5.83. The summed E-state index contributed by atoms with van der Waals surface area (Å²) < 4.78 is 0. The summed E-state index contributed by atoms with van der Waals surface area (Å²) in [6, 6.07) is 5.66. The van der Waals surface area contributed by atoms with E-state index in [0.29, 0.717) is 10.0 Å². The monoisotopic (exact) mass is 380 g/mol. The molecule has 0 spiro atoms. The molecule has 0 radical (unpaired) electrons. The number of benzene rings is 1. The maximum Gasteiger partial charge on any atom is 0.223 e. The number of piperidine rings is 1. The van der Waals surface area contributed by atoms with Crippen LogP contribution in [0.2, 0.25) is 10.0 Å². The van der Waals surface area contributed by atoms with Crippen LogP contribution in [0.5, 0.6) is 0 Å². The quantitative estimate of drug-likeness (QED) is 0.742. The maximum atomic E-state index is 12.4. The highest BCUT2D eigenvalue weighted by molar-refractivity contribution is 6.35. The van der Waals surface area contributed by atoms with Crippen molar-refractivity contribution in [2.75, 3.05) is 19.6 Å². The lowest BCUT2D eigenvalue weighted by molar-refractivity contribution is -0.126. The molecule has 1 fully saturated rings. The molecule has 3 rings (SSSR count). The van der Waals surface area contributed by atoms with Gasteiger partial charge in [-0.25, -0.2) is 0 Å². The predicted molar refractivity (Wildman–Crippen MR) is 104 cm³/mol. The number of hydrogen-bond acceptors (Lipinski definition) is 2. The van der Waals surface area contributed by atoms with Crippen molar-refractivity contribution in [3.05, 3.63) is 45.5 Å². The summed E-state index contributed by atoms with van der Waals surface area (Å²) in [6.45, 7) is 3.41. The topological polar surface area (TPSA) is 32.3 Å². The molecule has 136 valence electrons. The van der Waals surface area contributed by atoms with Crippen LogP contribution in [-0.2, 0) is 11.3 Å². The summed E-state index contributed by atoms with van der Waals surface area (Å²) >= 11 is 12.2. The number of likely N-dealkylation sites (tertiary alicyclic amines) is 1. The van der Waals surface area contributed by atoms with Crippen molar-refractivity contribution in [3.63, 3.8) is 0 Å². The summed E-state index contributed by atoms with van der Waals surface area (Å²) in [5.74, 6) is 0.358. The zero-order valence-electron chi connectivity index (χ0n) is 14.6. The Bertz CT molecular complexity index is 637. The molecule has 1 amide bonds. The Balaban J connectivity index is 1.43. The fourth-order valence-corrected chi connectivity index (χ4v) is 4.12. The molecule has 0 saturated carbocycles. The molecule has 1 aromatic carbocycles. The third-order valence-electron chi connectivity index (χ3n) is 5.24. The van der Waals surface area contributed by atoms with Gasteiger partial charge in [0.05, 0.1) is 0 Å². The molecule has 1 saturated heterocycles. The first-order valence-corrected chi connectivity index (χ1v) is 9.99. The van der Waals surface area contributed by atoms with Gasteiger partial charge in [-0.1, -0.05) is 40.9 Å². The highest BCUT2D eigenvalue weighted by Crippen LogP contribution is 2.25. The molecule has 0 bridgehead atoms. The van der Waals surface area contributed by atoms with Gasteiger partial charge in [0, 0.05) is 29.1 Å². The van der Waals surface area contributed by atoms with E-state index in [-0.39, 0.29) is 11.8 Å². The van der Waals surface area contributed by atoms with Crippen LogP contribution in [0, 0.1) is 5.92 Å². The zero-order chi connectivity index (χ0) is 17.6. The Kier molecular flexibility index (Phi) is 6.80. The fraction of sp³-hybridized carbons (Fsp3) is 0.550. The van der Waals surface area contributed by atoms with Gasteiger partial charge in [0.15, 0.2) is 0 Å². The zero-order valence-corrected chi connectivity index (χ0v) is 16.1. The number of nitrogens with one attached hydrogen (secondary N) is 1. The Hall–Kier alpha value is -1.03. The van der Waals surface area contributed by atoms with Gasteiger partial charge in [-0.2, -0.15) is 0 Å². The summed E-state index contributed by atoms with van der Waals surface area (Å²) in [5.41, 5.74) is 2.49. The van der Waals surface area contributed by atoms with E-state index in [0.717, 1.165) is 57.4 Å². The van der Waals surface area contributed by atoms with E-state index in [2.05, 4.69) is 16.3 Å². The lowest BCUT2D eigenvalue weighted by atomic mass is 9.95. The van der Waals surface area contributed by atoms with E-state index in [1.165, 1.54) is 18.4 Å². The van der Waals surface area contributed by atoms with Crippen LogP contribution in [-0.4, -0.2) is 30.4 Å². The van der Waals surface area contributed by atoms with Crippen LogP contribution in [0.3, 0.4) is 0 Å². The average molecular weight is 381 g/mol. The first kappa shape index (κ1) is 18.8. The molecule has 1 aliphatic heterocycles. The van der Waals surface area contributed by atoms with Crippen LogP contribution >= 0.6 is 23.2 Å². The molecule has 1 aromatic rings. The lowest BCUT2D eigenvalue weighted by Gasteiger charge is -2.31. The van der Waals surface area contributed by atoms with Gasteiger partial charge in [0.1, 0.15) is 0 Å². The van der Waals surface area contributed by atoms with Crippen molar-refractivity contribution < 1.29 is 4.79 Å². The molecule has 1 aliphatic carbocycles. The van der Waals surface area contributed by atoms with Crippen molar-refractivity contribution in [1.82, 2.24) is 10.2 Å². The number of halogens is 2. The number of nitrogens with zero attached hydrogens (tertiary/aromatic N) is 1. The SMILES string of the molecule is O=C(NCC1=CCCCC1)C1CCN(Cc2ccc(Cl)cc2Cl)CC1. The van der Waals surface area contributed by atoms with Crippen molar-refractivity contribution >= 4 is 29.1 Å². The smallest absolute Gasteiger partial charge is 0.223 e. The number of hydrogen-bond donors (Lipinski definition) is 1. The second kappa shape index (κ2) is 9.07. The number of rotatable bonds is 5. The van der Waals surface area contributed by atoms with Crippen LogP contribution in [0.15, 0.2) is 29.8 Å². The van der Waals surface area contributed by atoms with Crippen LogP contribution in [0.1, 0.15) is 44.1 Å².